The van der Waals surface area contributed by atoms with Crippen LogP contribution in [-0.4, -0.2) is 42.0 Å². The lowest BCUT2D eigenvalue weighted by Crippen LogP contribution is -2.47. The van der Waals surface area contributed by atoms with Crippen LogP contribution in [0.15, 0.2) is 0 Å². The van der Waals surface area contributed by atoms with Gasteiger partial charge < -0.3 is 15.7 Å². The first-order chi connectivity index (χ1) is 7.65. The third-order valence-corrected chi connectivity index (χ3v) is 1.66. The van der Waals surface area contributed by atoms with E-state index in [0.717, 1.165) is 0 Å². The van der Waals surface area contributed by atoms with Crippen molar-refractivity contribution in [3.8, 4) is 0 Å². The van der Waals surface area contributed by atoms with Crippen molar-refractivity contribution in [2.24, 2.45) is 0 Å². The van der Waals surface area contributed by atoms with Gasteiger partial charge in [0.15, 0.2) is 0 Å². The lowest BCUT2D eigenvalue weighted by molar-refractivity contribution is -0.137. The number of carbonyl (C=O) groups excluding carboxylic acids is 1. The molecule has 1 unspecified atom stereocenters. The van der Waals surface area contributed by atoms with Gasteiger partial charge in [-0.2, -0.15) is 8.78 Å². The van der Waals surface area contributed by atoms with Crippen LogP contribution in [0.25, 0.3) is 0 Å². The molecule has 0 rings (SSSR count). The highest BCUT2D eigenvalue weighted by atomic mass is 19.3. The average molecular weight is 260 g/mol. The molecule has 0 saturated carbocycles. The van der Waals surface area contributed by atoms with Crippen LogP contribution in [0.1, 0.15) is 13.3 Å². The normalized spacial score (nSPS) is 13.3. The maximum atomic E-state index is 12.4. The fourth-order valence-electron chi connectivity index (χ4n) is 0.863. The fourth-order valence-corrected chi connectivity index (χ4v) is 0.863. The molecule has 9 heteroatoms. The van der Waals surface area contributed by atoms with E-state index < -0.39 is 43.4 Å². The number of nitrogens with one attached hydrogen (secondary N) is 2. The topological polar surface area (TPSA) is 78.4 Å². The van der Waals surface area contributed by atoms with Crippen LogP contribution in [0, 0.1) is 0 Å². The molecule has 0 radical (unpaired) electrons. The molecule has 17 heavy (non-hydrogen) atoms. The summed E-state index contributed by atoms with van der Waals surface area (Å²) < 4.78 is 48.1. The van der Waals surface area contributed by atoms with Gasteiger partial charge in [-0.1, -0.05) is 0 Å². The van der Waals surface area contributed by atoms with E-state index in [0.29, 0.717) is 0 Å². The first kappa shape index (κ1) is 15.5. The first-order valence-corrected chi connectivity index (χ1v) is 4.57. The minimum atomic E-state index is -4.31. The van der Waals surface area contributed by atoms with Crippen molar-refractivity contribution in [1.82, 2.24) is 10.6 Å². The second-order valence-corrected chi connectivity index (χ2v) is 3.39. The number of hydrogen-bond acceptors (Lipinski definition) is 2. The van der Waals surface area contributed by atoms with E-state index in [1.165, 1.54) is 12.2 Å². The number of halogens is 4. The van der Waals surface area contributed by atoms with Crippen LogP contribution >= 0.6 is 0 Å². The van der Waals surface area contributed by atoms with Crippen molar-refractivity contribution in [3.63, 3.8) is 0 Å². The molecule has 100 valence electrons. The quantitative estimate of drug-likeness (QED) is 0.624. The monoisotopic (exact) mass is 260 g/mol. The number of carbonyl (C=O) groups is 2. The van der Waals surface area contributed by atoms with Crippen LogP contribution < -0.4 is 10.6 Å². The molecule has 1 atom stereocenters. The zero-order valence-electron chi connectivity index (χ0n) is 8.84. The number of carboxylic acids is 1. The SMILES string of the molecule is CC(CC(=O)O)NC(=O)NCC(F)(F)C(F)F. The molecule has 0 spiro atoms. The highest BCUT2D eigenvalue weighted by molar-refractivity contribution is 5.75. The molecule has 2 amide bonds. The molecule has 5 nitrogen and oxygen atoms in total. The molecule has 0 bridgehead atoms. The number of urea groups is 1. The molecule has 0 heterocycles. The Kier molecular flexibility index (Phi) is 5.69. The standard InChI is InChI=1S/C8H12F4N2O3/c1-4(2-5(15)16)14-7(17)13-3-8(11,12)6(9)10/h4,6H,2-3H2,1H3,(H,15,16)(H2,13,14,17). The Bertz CT molecular complexity index is 286. The van der Waals surface area contributed by atoms with Crippen molar-refractivity contribution in [3.05, 3.63) is 0 Å². The van der Waals surface area contributed by atoms with Crippen LogP contribution in [0.4, 0.5) is 22.4 Å². The van der Waals surface area contributed by atoms with Gasteiger partial charge in [-0.05, 0) is 6.92 Å². The van der Waals surface area contributed by atoms with E-state index in [4.69, 9.17) is 5.11 Å². The number of alkyl halides is 4. The van der Waals surface area contributed by atoms with Crippen molar-refractivity contribution < 1.29 is 32.3 Å². The molecule has 0 saturated heterocycles. The number of carboxylic acid groups (broad SMARTS) is 1. The minimum Gasteiger partial charge on any atom is -0.481 e. The third kappa shape index (κ3) is 6.59. The van der Waals surface area contributed by atoms with E-state index in [2.05, 4.69) is 0 Å². The molecule has 3 N–H and O–H groups in total. The summed E-state index contributed by atoms with van der Waals surface area (Å²) in [4.78, 5) is 21.1. The van der Waals surface area contributed by atoms with Crippen molar-refractivity contribution in [1.29, 1.82) is 0 Å². The average Bonchev–Trinajstić information content (AvgIpc) is 2.13. The summed E-state index contributed by atoms with van der Waals surface area (Å²) in [7, 11) is 0. The number of aliphatic carboxylic acids is 1. The number of hydrogen-bond donors (Lipinski definition) is 3. The predicted molar refractivity (Wildman–Crippen MR) is 49.2 cm³/mol. The molecular formula is C8H12F4N2O3. The highest BCUT2D eigenvalue weighted by Gasteiger charge is 2.40. The Morgan fingerprint density at radius 3 is 2.29 bits per heavy atom. The van der Waals surface area contributed by atoms with Gasteiger partial charge in [0.2, 0.25) is 0 Å². The van der Waals surface area contributed by atoms with Gasteiger partial charge in [0.1, 0.15) is 0 Å². The van der Waals surface area contributed by atoms with Crippen LogP contribution in [-0.2, 0) is 4.79 Å². The molecule has 0 aliphatic rings. The van der Waals surface area contributed by atoms with E-state index in [9.17, 15) is 27.2 Å². The summed E-state index contributed by atoms with van der Waals surface area (Å²) in [5.74, 6) is -5.50. The van der Waals surface area contributed by atoms with E-state index >= 15 is 0 Å². The third-order valence-electron chi connectivity index (χ3n) is 1.66. The highest BCUT2D eigenvalue weighted by Crippen LogP contribution is 2.21. The zero-order valence-corrected chi connectivity index (χ0v) is 8.84. The Hall–Kier alpha value is -1.54. The van der Waals surface area contributed by atoms with Gasteiger partial charge in [0.05, 0.1) is 13.0 Å². The predicted octanol–water partition coefficient (Wildman–Crippen LogP) is 1.05. The minimum absolute atomic E-state index is 0.404. The maximum Gasteiger partial charge on any atom is 0.324 e. The van der Waals surface area contributed by atoms with Gasteiger partial charge >= 0.3 is 24.3 Å². The Morgan fingerprint density at radius 1 is 1.35 bits per heavy atom. The Morgan fingerprint density at radius 2 is 1.88 bits per heavy atom. The van der Waals surface area contributed by atoms with E-state index in [1.807, 2.05) is 5.32 Å². The van der Waals surface area contributed by atoms with Crippen molar-refractivity contribution in [2.75, 3.05) is 6.54 Å². The zero-order chi connectivity index (χ0) is 13.6. The molecule has 0 aromatic rings. The van der Waals surface area contributed by atoms with E-state index in [1.54, 1.807) is 0 Å². The summed E-state index contributed by atoms with van der Waals surface area (Å²) in [5, 5.41) is 11.9. The largest absolute Gasteiger partial charge is 0.481 e. The van der Waals surface area contributed by atoms with Gasteiger partial charge in [-0.25, -0.2) is 13.6 Å². The summed E-state index contributed by atoms with van der Waals surface area (Å²) in [6.45, 7) is -0.185. The summed E-state index contributed by atoms with van der Waals surface area (Å²) >= 11 is 0. The Labute approximate surface area is 94.2 Å². The second kappa shape index (κ2) is 6.26. The molecular weight excluding hydrogens is 248 g/mol. The van der Waals surface area contributed by atoms with Crippen LogP contribution in [0.2, 0.25) is 0 Å². The lowest BCUT2D eigenvalue weighted by atomic mass is 10.2. The maximum absolute atomic E-state index is 12.4. The smallest absolute Gasteiger partial charge is 0.324 e. The molecule has 0 fully saturated rings. The van der Waals surface area contributed by atoms with Gasteiger partial charge in [0, 0.05) is 6.04 Å². The van der Waals surface area contributed by atoms with Crippen LogP contribution in [0.3, 0.4) is 0 Å². The van der Waals surface area contributed by atoms with Gasteiger partial charge in [0.25, 0.3) is 0 Å². The number of amides is 2. The second-order valence-electron chi connectivity index (χ2n) is 3.39. The number of rotatable bonds is 6. The summed E-state index contributed by atoms with van der Waals surface area (Å²) in [6.07, 6.45) is -4.28. The molecule has 0 aliphatic carbocycles. The molecule has 0 aromatic carbocycles. The summed E-state index contributed by atoms with van der Waals surface area (Å²) in [6, 6.07) is -1.92. The first-order valence-electron chi connectivity index (χ1n) is 4.57. The molecule has 0 aliphatic heterocycles. The van der Waals surface area contributed by atoms with Crippen molar-refractivity contribution >= 4 is 12.0 Å². The van der Waals surface area contributed by atoms with Crippen LogP contribution in [0.5, 0.6) is 0 Å². The molecule has 0 aromatic heterocycles. The van der Waals surface area contributed by atoms with Crippen molar-refractivity contribution in [2.45, 2.75) is 31.7 Å². The Balaban J connectivity index is 3.99. The fraction of sp³-hybridized carbons (Fsp3) is 0.750. The van der Waals surface area contributed by atoms with E-state index in [-0.39, 0.29) is 0 Å². The summed E-state index contributed by atoms with van der Waals surface area (Å²) in [5.41, 5.74) is 0. The van der Waals surface area contributed by atoms with Gasteiger partial charge in [-0.15, -0.1) is 0 Å². The lowest BCUT2D eigenvalue weighted by Gasteiger charge is -2.17. The van der Waals surface area contributed by atoms with Gasteiger partial charge in [-0.3, -0.25) is 4.79 Å².